The summed E-state index contributed by atoms with van der Waals surface area (Å²) in [6.07, 6.45) is 2.30. The van der Waals surface area contributed by atoms with Crippen molar-refractivity contribution in [2.45, 2.75) is 38.6 Å². The third kappa shape index (κ3) is 3.12. The van der Waals surface area contributed by atoms with Crippen LogP contribution in [0.5, 0.6) is 0 Å². The molecule has 3 heteroatoms. The Balaban J connectivity index is 1.64. The normalized spacial score (nSPS) is 21.0. The Hall–Kier alpha value is -0.990. The van der Waals surface area contributed by atoms with Gasteiger partial charge in [-0.3, -0.25) is 0 Å². The summed E-state index contributed by atoms with van der Waals surface area (Å²) >= 11 is 9.89. The molecule has 0 heterocycles. The largest absolute Gasteiger partial charge is 0.382 e. The minimum atomic E-state index is 0.547. The molecule has 21 heavy (non-hydrogen) atoms. The van der Waals surface area contributed by atoms with E-state index < -0.39 is 0 Å². The number of hydrogen-bond donors (Lipinski definition) is 1. The summed E-state index contributed by atoms with van der Waals surface area (Å²) in [6.45, 7) is 4.27. The quantitative estimate of drug-likeness (QED) is 0.696. The van der Waals surface area contributed by atoms with E-state index in [1.54, 1.807) is 0 Å². The molecule has 0 spiro atoms. The van der Waals surface area contributed by atoms with Gasteiger partial charge in [-0.1, -0.05) is 45.7 Å². The molecule has 1 aliphatic rings. The van der Waals surface area contributed by atoms with Crippen molar-refractivity contribution in [1.29, 1.82) is 0 Å². The lowest BCUT2D eigenvalue weighted by atomic mass is 9.75. The fraction of sp³-hybridized carbons (Fsp3) is 0.333. The highest BCUT2D eigenvalue weighted by atomic mass is 79.9. The molecule has 0 unspecified atom stereocenters. The molecule has 1 nitrogen and oxygen atoms in total. The summed E-state index contributed by atoms with van der Waals surface area (Å²) in [5.74, 6) is 0.592. The van der Waals surface area contributed by atoms with Crippen molar-refractivity contribution in [2.24, 2.45) is 0 Å². The molecular weight excluding hydrogens is 346 g/mol. The van der Waals surface area contributed by atoms with Gasteiger partial charge in [0.1, 0.15) is 0 Å². The van der Waals surface area contributed by atoms with E-state index in [4.69, 9.17) is 11.6 Å². The molecule has 0 radical (unpaired) electrons. The Morgan fingerprint density at radius 3 is 2.33 bits per heavy atom. The first-order chi connectivity index (χ1) is 10.0. The van der Waals surface area contributed by atoms with Gasteiger partial charge in [-0.05, 0) is 67.5 Å². The predicted molar refractivity (Wildman–Crippen MR) is 94.5 cm³/mol. The number of hydrogen-bond acceptors (Lipinski definition) is 1. The summed E-state index contributed by atoms with van der Waals surface area (Å²) in [4.78, 5) is 0. The van der Waals surface area contributed by atoms with Crippen molar-refractivity contribution in [2.75, 3.05) is 5.32 Å². The lowest BCUT2D eigenvalue weighted by molar-refractivity contribution is 0.374. The standard InChI is InChI=1S/C18H19BrClN/c1-11-7-14(8-12(2)18(11)19)21-15-9-13(10-15)16-5-3-4-6-17(16)20/h3-8,13,15,21H,9-10H2,1-2H3. The van der Waals surface area contributed by atoms with Gasteiger partial charge in [0.05, 0.1) is 0 Å². The summed E-state index contributed by atoms with van der Waals surface area (Å²) in [5.41, 5.74) is 5.06. The summed E-state index contributed by atoms with van der Waals surface area (Å²) in [6, 6.07) is 13.2. The SMILES string of the molecule is Cc1cc(NC2CC(c3ccccc3Cl)C2)cc(C)c1Br. The van der Waals surface area contributed by atoms with Gasteiger partial charge >= 0.3 is 0 Å². The molecule has 0 aliphatic heterocycles. The van der Waals surface area contributed by atoms with Crippen LogP contribution >= 0.6 is 27.5 Å². The summed E-state index contributed by atoms with van der Waals surface area (Å²) in [5, 5.41) is 4.54. The van der Waals surface area contributed by atoms with Crippen LogP contribution in [0.25, 0.3) is 0 Å². The molecule has 0 bridgehead atoms. The zero-order chi connectivity index (χ0) is 15.0. The number of benzene rings is 2. The second-order valence-electron chi connectivity index (χ2n) is 5.96. The highest BCUT2D eigenvalue weighted by Gasteiger charge is 2.31. The van der Waals surface area contributed by atoms with E-state index in [0.29, 0.717) is 12.0 Å². The van der Waals surface area contributed by atoms with Crippen LogP contribution in [0.1, 0.15) is 35.4 Å². The predicted octanol–water partition coefficient (Wildman–Crippen LogP) is 6.08. The van der Waals surface area contributed by atoms with Gasteiger partial charge in [0.15, 0.2) is 0 Å². The van der Waals surface area contributed by atoms with E-state index in [0.717, 1.165) is 17.9 Å². The molecule has 1 fully saturated rings. The molecule has 0 amide bonds. The van der Waals surface area contributed by atoms with E-state index in [9.17, 15) is 0 Å². The van der Waals surface area contributed by atoms with Gasteiger partial charge in [0, 0.05) is 21.2 Å². The molecule has 2 aromatic carbocycles. The lowest BCUT2D eigenvalue weighted by Crippen LogP contribution is -2.34. The van der Waals surface area contributed by atoms with Crippen LogP contribution in [0, 0.1) is 13.8 Å². The first-order valence-corrected chi connectivity index (χ1v) is 8.49. The molecule has 1 N–H and O–H groups in total. The van der Waals surface area contributed by atoms with Crippen LogP contribution in [0.15, 0.2) is 40.9 Å². The zero-order valence-corrected chi connectivity index (χ0v) is 14.6. The molecule has 2 aromatic rings. The van der Waals surface area contributed by atoms with Crippen molar-refractivity contribution in [3.05, 3.63) is 62.6 Å². The van der Waals surface area contributed by atoms with E-state index in [1.165, 1.54) is 26.9 Å². The van der Waals surface area contributed by atoms with Crippen LogP contribution in [-0.2, 0) is 0 Å². The van der Waals surface area contributed by atoms with Crippen molar-refractivity contribution < 1.29 is 0 Å². The maximum absolute atomic E-state index is 6.27. The maximum atomic E-state index is 6.27. The minimum absolute atomic E-state index is 0.547. The molecule has 1 saturated carbocycles. The number of rotatable bonds is 3. The van der Waals surface area contributed by atoms with Crippen LogP contribution in [0.3, 0.4) is 0 Å². The number of anilines is 1. The summed E-state index contributed by atoms with van der Waals surface area (Å²) < 4.78 is 1.20. The third-order valence-electron chi connectivity index (χ3n) is 4.29. The van der Waals surface area contributed by atoms with E-state index in [1.807, 2.05) is 12.1 Å². The van der Waals surface area contributed by atoms with Gasteiger partial charge in [-0.25, -0.2) is 0 Å². The van der Waals surface area contributed by atoms with Crippen LogP contribution < -0.4 is 5.32 Å². The average Bonchev–Trinajstić information content (AvgIpc) is 2.41. The highest BCUT2D eigenvalue weighted by Crippen LogP contribution is 2.41. The monoisotopic (exact) mass is 363 g/mol. The van der Waals surface area contributed by atoms with Crippen LogP contribution in [-0.4, -0.2) is 6.04 Å². The fourth-order valence-corrected chi connectivity index (χ4v) is 3.58. The Morgan fingerprint density at radius 1 is 1.10 bits per heavy atom. The van der Waals surface area contributed by atoms with E-state index in [-0.39, 0.29) is 0 Å². The maximum Gasteiger partial charge on any atom is 0.0440 e. The second-order valence-corrected chi connectivity index (χ2v) is 7.16. The molecule has 0 aromatic heterocycles. The second kappa shape index (κ2) is 6.02. The van der Waals surface area contributed by atoms with Gasteiger partial charge in [0.25, 0.3) is 0 Å². The van der Waals surface area contributed by atoms with Crippen molar-refractivity contribution >= 4 is 33.2 Å². The third-order valence-corrected chi connectivity index (χ3v) is 5.89. The number of halogens is 2. The molecule has 0 atom stereocenters. The molecule has 110 valence electrons. The summed E-state index contributed by atoms with van der Waals surface area (Å²) in [7, 11) is 0. The molecule has 1 aliphatic carbocycles. The van der Waals surface area contributed by atoms with Gasteiger partial charge in [0.2, 0.25) is 0 Å². The minimum Gasteiger partial charge on any atom is -0.382 e. The number of aryl methyl sites for hydroxylation is 2. The Bertz CT molecular complexity index is 639. The number of nitrogens with one attached hydrogen (secondary N) is 1. The van der Waals surface area contributed by atoms with Crippen molar-refractivity contribution in [3.8, 4) is 0 Å². The van der Waals surface area contributed by atoms with Crippen LogP contribution in [0.2, 0.25) is 5.02 Å². The smallest absolute Gasteiger partial charge is 0.0440 e. The highest BCUT2D eigenvalue weighted by molar-refractivity contribution is 9.10. The van der Waals surface area contributed by atoms with Gasteiger partial charge < -0.3 is 5.32 Å². The Kier molecular flexibility index (Phi) is 4.28. The lowest BCUT2D eigenvalue weighted by Gasteiger charge is -2.37. The Morgan fingerprint density at radius 2 is 1.71 bits per heavy atom. The topological polar surface area (TPSA) is 12.0 Å². The van der Waals surface area contributed by atoms with Crippen molar-refractivity contribution in [3.63, 3.8) is 0 Å². The molecular formula is C18H19BrClN. The fourth-order valence-electron chi connectivity index (χ4n) is 3.06. The Labute approximate surface area is 139 Å². The molecule has 0 saturated heterocycles. The van der Waals surface area contributed by atoms with E-state index >= 15 is 0 Å². The van der Waals surface area contributed by atoms with E-state index in [2.05, 4.69) is 59.4 Å². The van der Waals surface area contributed by atoms with Gasteiger partial charge in [-0.15, -0.1) is 0 Å². The van der Waals surface area contributed by atoms with Crippen molar-refractivity contribution in [1.82, 2.24) is 0 Å². The zero-order valence-electron chi connectivity index (χ0n) is 12.3. The first kappa shape index (κ1) is 14.9. The van der Waals surface area contributed by atoms with Crippen LogP contribution in [0.4, 0.5) is 5.69 Å². The molecule has 3 rings (SSSR count). The first-order valence-electron chi connectivity index (χ1n) is 7.32. The van der Waals surface area contributed by atoms with Gasteiger partial charge in [-0.2, -0.15) is 0 Å². The average molecular weight is 365 g/mol.